The molecule has 1 rings (SSSR count). The number of carbonyl (C=O) groups is 3. The van der Waals surface area contributed by atoms with Crippen LogP contribution < -0.4 is 16.3 Å². The summed E-state index contributed by atoms with van der Waals surface area (Å²) in [6, 6.07) is 6.04. The minimum absolute atomic E-state index is 0.0975. The first-order chi connectivity index (χ1) is 14.4. The van der Waals surface area contributed by atoms with E-state index in [2.05, 4.69) is 31.6 Å². The van der Waals surface area contributed by atoms with E-state index in [4.69, 9.17) is 10.0 Å². The summed E-state index contributed by atoms with van der Waals surface area (Å²) in [7, 11) is 0. The topological polar surface area (TPSA) is 117 Å². The van der Waals surface area contributed by atoms with Crippen molar-refractivity contribution in [1.29, 1.82) is 0 Å². The lowest BCUT2D eigenvalue weighted by Gasteiger charge is -2.23. The molecule has 0 bridgehead atoms. The third-order valence-electron chi connectivity index (χ3n) is 4.59. The number of carbonyl (C=O) groups excluding carboxylic acids is 3. The van der Waals surface area contributed by atoms with Crippen molar-refractivity contribution in [3.8, 4) is 0 Å². The number of hydrogen-bond acceptors (Lipinski definition) is 6. The highest BCUT2D eigenvalue weighted by atomic mass is 16.7. The van der Waals surface area contributed by atoms with E-state index in [1.54, 1.807) is 17.6 Å². The summed E-state index contributed by atoms with van der Waals surface area (Å²) < 4.78 is 0. The molecule has 0 aliphatic carbocycles. The van der Waals surface area contributed by atoms with Crippen LogP contribution in [0.15, 0.2) is 24.3 Å². The molecule has 0 fully saturated rings. The molecule has 8 nitrogen and oxygen atoms in total. The van der Waals surface area contributed by atoms with E-state index in [1.807, 2.05) is 13.8 Å². The third kappa shape index (κ3) is 11.6. The molecule has 1 aromatic rings. The van der Waals surface area contributed by atoms with Crippen LogP contribution in [-0.4, -0.2) is 41.5 Å². The Morgan fingerprint density at radius 2 is 1.55 bits per heavy atom. The van der Waals surface area contributed by atoms with Gasteiger partial charge in [-0.05, 0) is 57.7 Å². The summed E-state index contributed by atoms with van der Waals surface area (Å²) in [6.07, 6.45) is 3.41. The monoisotopic (exact) mass is 435 g/mol. The minimum atomic E-state index is -0.634. The van der Waals surface area contributed by atoms with Gasteiger partial charge in [-0.25, -0.2) is 11.0 Å². The molecular weight excluding hydrogens is 398 g/mol. The highest BCUT2D eigenvalue weighted by molar-refractivity contribution is 5.98. The average Bonchev–Trinajstić information content (AvgIpc) is 2.68. The van der Waals surface area contributed by atoms with Crippen molar-refractivity contribution >= 4 is 17.6 Å². The number of rotatable bonds is 13. The normalized spacial score (nSPS) is 11.8. The van der Waals surface area contributed by atoms with Crippen LogP contribution in [0.1, 0.15) is 87.4 Å². The zero-order chi connectivity index (χ0) is 23.5. The van der Waals surface area contributed by atoms with Gasteiger partial charge in [-0.1, -0.05) is 32.4 Å². The van der Waals surface area contributed by atoms with Gasteiger partial charge >= 0.3 is 0 Å². The van der Waals surface area contributed by atoms with Gasteiger partial charge in [0.1, 0.15) is 0 Å². The van der Waals surface area contributed by atoms with E-state index in [1.165, 1.54) is 12.1 Å². The largest absolute Gasteiger partial charge is 0.312 e. The lowest BCUT2D eigenvalue weighted by atomic mass is 9.86. The van der Waals surface area contributed by atoms with Crippen LogP contribution in [0.5, 0.6) is 0 Å². The fourth-order valence-electron chi connectivity index (χ4n) is 2.87. The molecule has 0 aliphatic rings. The maximum Gasteiger partial charge on any atom is 0.274 e. The van der Waals surface area contributed by atoms with Crippen LogP contribution in [0.2, 0.25) is 0 Å². The van der Waals surface area contributed by atoms with Crippen molar-refractivity contribution < 1.29 is 24.4 Å². The maximum atomic E-state index is 12.5. The molecule has 0 saturated heterocycles. The van der Waals surface area contributed by atoms with Crippen LogP contribution in [0.25, 0.3) is 0 Å². The third-order valence-corrected chi connectivity index (χ3v) is 4.59. The highest BCUT2D eigenvalue weighted by Crippen LogP contribution is 2.23. The number of hydroxylamine groups is 2. The molecule has 0 heterocycles. The number of amides is 2. The van der Waals surface area contributed by atoms with E-state index in [0.29, 0.717) is 12.0 Å². The molecular formula is C23H37N3O5. The van der Waals surface area contributed by atoms with E-state index in [0.717, 1.165) is 25.8 Å². The first-order valence-corrected chi connectivity index (χ1v) is 10.7. The molecule has 0 radical (unpaired) electrons. The van der Waals surface area contributed by atoms with Gasteiger partial charge in [0, 0.05) is 29.5 Å². The lowest BCUT2D eigenvalue weighted by molar-refractivity contribution is -0.136. The lowest BCUT2D eigenvalue weighted by Crippen LogP contribution is -2.36. The average molecular weight is 436 g/mol. The van der Waals surface area contributed by atoms with Crippen LogP contribution in [0.4, 0.5) is 0 Å². The predicted molar refractivity (Wildman–Crippen MR) is 119 cm³/mol. The van der Waals surface area contributed by atoms with Crippen molar-refractivity contribution in [2.24, 2.45) is 5.41 Å². The Balaban J connectivity index is 2.29. The van der Waals surface area contributed by atoms with Gasteiger partial charge < -0.3 is 5.32 Å². The van der Waals surface area contributed by atoms with Gasteiger partial charge in [0.25, 0.3) is 5.91 Å². The van der Waals surface area contributed by atoms with Gasteiger partial charge in [0.05, 0.1) is 6.61 Å². The smallest absolute Gasteiger partial charge is 0.274 e. The van der Waals surface area contributed by atoms with Crippen molar-refractivity contribution in [2.75, 3.05) is 13.2 Å². The Morgan fingerprint density at radius 1 is 0.935 bits per heavy atom. The van der Waals surface area contributed by atoms with Gasteiger partial charge in [-0.15, -0.1) is 0 Å². The molecule has 4 N–H and O–H groups in total. The SMILES string of the molecule is CC(C)(CONC(=O)CCCCCNC(C)(C)C)CC(=O)c1ccc(C(=O)NO)cc1. The molecule has 2 amide bonds. The zero-order valence-electron chi connectivity index (χ0n) is 19.3. The number of nitrogens with one attached hydrogen (secondary N) is 3. The van der Waals surface area contributed by atoms with E-state index >= 15 is 0 Å². The van der Waals surface area contributed by atoms with Crippen LogP contribution in [0.3, 0.4) is 0 Å². The molecule has 31 heavy (non-hydrogen) atoms. The summed E-state index contributed by atoms with van der Waals surface area (Å²) in [4.78, 5) is 41.1. The molecule has 1 aromatic carbocycles. The molecule has 0 aliphatic heterocycles. The second-order valence-electron chi connectivity index (χ2n) is 9.58. The van der Waals surface area contributed by atoms with Crippen molar-refractivity contribution in [2.45, 2.75) is 72.3 Å². The van der Waals surface area contributed by atoms with E-state index in [-0.39, 0.29) is 35.8 Å². The summed E-state index contributed by atoms with van der Waals surface area (Å²) >= 11 is 0. The molecule has 0 atom stereocenters. The number of Topliss-reactive ketones (excluding diaryl/α,β-unsaturated/α-hetero) is 1. The predicted octanol–water partition coefficient (Wildman–Crippen LogP) is 3.40. The van der Waals surface area contributed by atoms with Crippen molar-refractivity contribution in [1.82, 2.24) is 16.3 Å². The summed E-state index contributed by atoms with van der Waals surface area (Å²) in [5.41, 5.74) is 4.36. The number of hydrogen-bond donors (Lipinski definition) is 4. The Labute approximate surface area is 185 Å². The van der Waals surface area contributed by atoms with E-state index < -0.39 is 11.3 Å². The molecule has 0 saturated carbocycles. The molecule has 0 unspecified atom stereocenters. The minimum Gasteiger partial charge on any atom is -0.312 e. The molecule has 8 heteroatoms. The fraction of sp³-hybridized carbons (Fsp3) is 0.609. The van der Waals surface area contributed by atoms with Crippen LogP contribution >= 0.6 is 0 Å². The Bertz CT molecular complexity index is 724. The van der Waals surface area contributed by atoms with Gasteiger partial charge in [0.2, 0.25) is 5.91 Å². The van der Waals surface area contributed by atoms with Gasteiger partial charge in [0.15, 0.2) is 5.78 Å². The summed E-state index contributed by atoms with van der Waals surface area (Å²) in [6.45, 7) is 11.3. The first kappa shape index (κ1) is 26.7. The van der Waals surface area contributed by atoms with E-state index in [9.17, 15) is 14.4 Å². The van der Waals surface area contributed by atoms with Crippen molar-refractivity contribution in [3.05, 3.63) is 35.4 Å². The van der Waals surface area contributed by atoms with Crippen molar-refractivity contribution in [3.63, 3.8) is 0 Å². The second-order valence-corrected chi connectivity index (χ2v) is 9.58. The maximum absolute atomic E-state index is 12.5. The van der Waals surface area contributed by atoms with Gasteiger partial charge in [-0.3, -0.25) is 24.4 Å². The second kappa shape index (κ2) is 12.5. The van der Waals surface area contributed by atoms with Crippen LogP contribution in [-0.2, 0) is 9.63 Å². The fourth-order valence-corrected chi connectivity index (χ4v) is 2.87. The molecule has 0 spiro atoms. The standard InChI is InChI=1S/C23H37N3O5/c1-22(2,3)24-14-8-6-7-9-20(28)26-31-16-23(4,5)15-19(27)17-10-12-18(13-11-17)21(29)25-30/h10-13,24,30H,6-9,14-16H2,1-5H3,(H,25,29)(H,26,28). The van der Waals surface area contributed by atoms with Crippen LogP contribution in [0, 0.1) is 5.41 Å². The highest BCUT2D eigenvalue weighted by Gasteiger charge is 2.24. The Morgan fingerprint density at radius 3 is 2.13 bits per heavy atom. The number of ketones is 1. The quantitative estimate of drug-likeness (QED) is 0.163. The first-order valence-electron chi connectivity index (χ1n) is 10.7. The molecule has 174 valence electrons. The number of benzene rings is 1. The van der Waals surface area contributed by atoms with Gasteiger partial charge in [-0.2, -0.15) is 0 Å². The summed E-state index contributed by atoms with van der Waals surface area (Å²) in [5, 5.41) is 12.1. The molecule has 0 aromatic heterocycles. The Kier molecular flexibility index (Phi) is 10.8. The number of unbranched alkanes of at least 4 members (excludes halogenated alkanes) is 2. The Hall–Kier alpha value is -2.29. The zero-order valence-corrected chi connectivity index (χ0v) is 19.3. The summed E-state index contributed by atoms with van der Waals surface area (Å²) in [5.74, 6) is -0.895.